The van der Waals surface area contributed by atoms with Gasteiger partial charge in [-0.15, -0.1) is 0 Å². The highest BCUT2D eigenvalue weighted by Crippen LogP contribution is 2.14. The third-order valence-corrected chi connectivity index (χ3v) is 4.25. The lowest BCUT2D eigenvalue weighted by atomic mass is 10.4. The number of carbonyl (C=O) groups is 1. The van der Waals surface area contributed by atoms with Crippen LogP contribution >= 0.6 is 0 Å². The number of hydrogen-bond donors (Lipinski definition) is 3. The van der Waals surface area contributed by atoms with Crippen LogP contribution in [0, 0.1) is 0 Å². The van der Waals surface area contributed by atoms with Gasteiger partial charge in [-0.3, -0.25) is 4.79 Å². The number of H-pyrrole nitrogens is 1. The smallest absolute Gasteiger partial charge is 0.267 e. The summed E-state index contributed by atoms with van der Waals surface area (Å²) in [5.74, 6) is -0.334. The molecule has 0 fully saturated rings. The second kappa shape index (κ2) is 5.51. The summed E-state index contributed by atoms with van der Waals surface area (Å²) in [6.07, 6.45) is 4.84. The molecule has 3 N–H and O–H groups in total. The Hall–Kier alpha value is -2.06. The van der Waals surface area contributed by atoms with Crippen LogP contribution in [0.25, 0.3) is 0 Å². The van der Waals surface area contributed by atoms with Gasteiger partial charge in [0.25, 0.3) is 5.91 Å². The highest BCUT2D eigenvalue weighted by Gasteiger charge is 2.19. The van der Waals surface area contributed by atoms with E-state index in [1.165, 1.54) is 23.9 Å². The zero-order chi connectivity index (χ0) is 14.8. The summed E-state index contributed by atoms with van der Waals surface area (Å²) in [6.45, 7) is 0.191. The number of hydrogen-bond acceptors (Lipinski definition) is 3. The zero-order valence-electron chi connectivity index (χ0n) is 11.2. The fourth-order valence-electron chi connectivity index (χ4n) is 1.77. The third-order valence-electron chi connectivity index (χ3n) is 2.88. The number of nitrogens with zero attached hydrogens (tertiary/aromatic N) is 1. The number of rotatable bonds is 5. The lowest BCUT2D eigenvalue weighted by Gasteiger charge is -2.02. The van der Waals surface area contributed by atoms with Crippen molar-refractivity contribution in [1.82, 2.24) is 19.6 Å². The van der Waals surface area contributed by atoms with Crippen molar-refractivity contribution in [1.29, 1.82) is 0 Å². The first-order valence-electron chi connectivity index (χ1n) is 5.94. The van der Waals surface area contributed by atoms with E-state index >= 15 is 0 Å². The van der Waals surface area contributed by atoms with Crippen molar-refractivity contribution in [2.24, 2.45) is 7.05 Å². The van der Waals surface area contributed by atoms with Crippen LogP contribution in [0.3, 0.4) is 0 Å². The van der Waals surface area contributed by atoms with Crippen LogP contribution < -0.4 is 10.0 Å². The van der Waals surface area contributed by atoms with Crippen molar-refractivity contribution in [2.45, 2.75) is 11.4 Å². The number of nitrogens with one attached hydrogen (secondary N) is 3. The van der Waals surface area contributed by atoms with E-state index in [0.717, 1.165) is 5.56 Å². The first kappa shape index (κ1) is 14.4. The monoisotopic (exact) mass is 296 g/mol. The average molecular weight is 296 g/mol. The topological polar surface area (TPSA) is 96.0 Å². The van der Waals surface area contributed by atoms with E-state index < -0.39 is 10.0 Å². The van der Waals surface area contributed by atoms with E-state index in [-0.39, 0.29) is 23.0 Å². The van der Waals surface area contributed by atoms with Gasteiger partial charge < -0.3 is 14.9 Å². The number of amides is 1. The number of sulfonamides is 1. The van der Waals surface area contributed by atoms with Gasteiger partial charge in [0.15, 0.2) is 0 Å². The van der Waals surface area contributed by atoms with E-state index in [9.17, 15) is 13.2 Å². The van der Waals surface area contributed by atoms with Gasteiger partial charge in [0, 0.05) is 39.2 Å². The van der Waals surface area contributed by atoms with E-state index in [1.807, 2.05) is 0 Å². The van der Waals surface area contributed by atoms with E-state index in [0.29, 0.717) is 0 Å². The molecule has 0 atom stereocenters. The number of aromatic nitrogens is 2. The lowest BCUT2D eigenvalue weighted by molar-refractivity contribution is 0.0955. The number of aryl methyl sites for hydroxylation is 1. The molecule has 8 heteroatoms. The van der Waals surface area contributed by atoms with Crippen LogP contribution in [0.5, 0.6) is 0 Å². The van der Waals surface area contributed by atoms with Gasteiger partial charge in [-0.2, -0.15) is 0 Å². The Morgan fingerprint density at radius 3 is 2.80 bits per heavy atom. The summed E-state index contributed by atoms with van der Waals surface area (Å²) >= 11 is 0. The highest BCUT2D eigenvalue weighted by atomic mass is 32.2. The first-order chi connectivity index (χ1) is 9.44. The molecular weight excluding hydrogens is 280 g/mol. The molecule has 0 bridgehead atoms. The molecule has 7 nitrogen and oxygen atoms in total. The molecule has 108 valence electrons. The number of carbonyl (C=O) groups excluding carboxylic acids is 1. The summed E-state index contributed by atoms with van der Waals surface area (Å²) in [4.78, 5) is 14.5. The van der Waals surface area contributed by atoms with Crippen molar-refractivity contribution in [3.63, 3.8) is 0 Å². The fourth-order valence-corrected chi connectivity index (χ4v) is 2.85. The Morgan fingerprint density at radius 1 is 1.45 bits per heavy atom. The van der Waals surface area contributed by atoms with E-state index in [2.05, 4.69) is 15.0 Å². The second-order valence-electron chi connectivity index (χ2n) is 4.29. The van der Waals surface area contributed by atoms with Gasteiger partial charge >= 0.3 is 0 Å². The molecule has 0 aliphatic carbocycles. The number of aromatic amines is 1. The van der Waals surface area contributed by atoms with Gasteiger partial charge in [-0.1, -0.05) is 0 Å². The Bertz CT molecular complexity index is 701. The van der Waals surface area contributed by atoms with E-state index in [4.69, 9.17) is 0 Å². The second-order valence-corrected chi connectivity index (χ2v) is 6.06. The van der Waals surface area contributed by atoms with Crippen LogP contribution in [0.15, 0.2) is 35.6 Å². The Kier molecular flexibility index (Phi) is 3.96. The Morgan fingerprint density at radius 2 is 2.20 bits per heavy atom. The van der Waals surface area contributed by atoms with Crippen molar-refractivity contribution >= 4 is 15.9 Å². The van der Waals surface area contributed by atoms with Gasteiger partial charge in [0.2, 0.25) is 10.0 Å². The molecule has 0 saturated carbocycles. The summed E-state index contributed by atoms with van der Waals surface area (Å²) < 4.78 is 28.2. The standard InChI is InChI=1S/C12H16N4O3S/c1-13-12(17)11-5-10(8-16(11)2)20(18,19)15-7-9-3-4-14-6-9/h3-6,8,14-15H,7H2,1-2H3,(H,13,17). The summed E-state index contributed by atoms with van der Waals surface area (Å²) in [7, 11) is -0.530. The Labute approximate surface area is 117 Å². The van der Waals surface area contributed by atoms with Gasteiger partial charge in [-0.05, 0) is 17.7 Å². The molecular formula is C12H16N4O3S. The summed E-state index contributed by atoms with van der Waals surface area (Å²) in [5, 5.41) is 2.46. The molecule has 0 aliphatic heterocycles. The predicted molar refractivity (Wildman–Crippen MR) is 73.6 cm³/mol. The van der Waals surface area contributed by atoms with Crippen molar-refractivity contribution in [2.75, 3.05) is 7.05 Å². The minimum atomic E-state index is -3.64. The molecule has 0 spiro atoms. The molecule has 2 aromatic rings. The minimum absolute atomic E-state index is 0.0640. The molecule has 0 radical (unpaired) electrons. The van der Waals surface area contributed by atoms with Crippen LogP contribution in [0.2, 0.25) is 0 Å². The van der Waals surface area contributed by atoms with Gasteiger partial charge in [0.1, 0.15) is 10.6 Å². The summed E-state index contributed by atoms with van der Waals surface area (Å²) in [6, 6.07) is 3.13. The maximum Gasteiger partial charge on any atom is 0.267 e. The molecule has 0 unspecified atom stereocenters. The van der Waals surface area contributed by atoms with Crippen molar-refractivity contribution in [3.8, 4) is 0 Å². The van der Waals surface area contributed by atoms with Crippen molar-refractivity contribution in [3.05, 3.63) is 42.0 Å². The van der Waals surface area contributed by atoms with Gasteiger partial charge in [0.05, 0.1) is 0 Å². The lowest BCUT2D eigenvalue weighted by Crippen LogP contribution is -2.22. The average Bonchev–Trinajstić information content (AvgIpc) is 3.05. The molecule has 1 amide bonds. The molecule has 2 aromatic heterocycles. The largest absolute Gasteiger partial charge is 0.367 e. The van der Waals surface area contributed by atoms with E-state index in [1.54, 1.807) is 25.5 Å². The molecule has 0 saturated heterocycles. The molecule has 20 heavy (non-hydrogen) atoms. The highest BCUT2D eigenvalue weighted by molar-refractivity contribution is 7.89. The normalized spacial score (nSPS) is 11.5. The Balaban J connectivity index is 2.19. The summed E-state index contributed by atoms with van der Waals surface area (Å²) in [5.41, 5.74) is 1.12. The van der Waals surface area contributed by atoms with Crippen LogP contribution in [-0.2, 0) is 23.6 Å². The van der Waals surface area contributed by atoms with Crippen LogP contribution in [0.1, 0.15) is 16.1 Å². The first-order valence-corrected chi connectivity index (χ1v) is 7.42. The maximum atomic E-state index is 12.1. The fraction of sp³-hybridized carbons (Fsp3) is 0.250. The minimum Gasteiger partial charge on any atom is -0.367 e. The van der Waals surface area contributed by atoms with Gasteiger partial charge in [-0.25, -0.2) is 13.1 Å². The SMILES string of the molecule is CNC(=O)c1cc(S(=O)(=O)NCc2cc[nH]c2)cn1C. The third kappa shape index (κ3) is 2.91. The molecule has 2 rings (SSSR count). The van der Waals surface area contributed by atoms with Crippen LogP contribution in [-0.4, -0.2) is 30.9 Å². The zero-order valence-corrected chi connectivity index (χ0v) is 12.0. The van der Waals surface area contributed by atoms with Crippen LogP contribution in [0.4, 0.5) is 0 Å². The molecule has 2 heterocycles. The molecule has 0 aliphatic rings. The van der Waals surface area contributed by atoms with Crippen molar-refractivity contribution < 1.29 is 13.2 Å². The maximum absolute atomic E-state index is 12.1. The molecule has 0 aromatic carbocycles. The quantitative estimate of drug-likeness (QED) is 0.735. The predicted octanol–water partition coefficient (Wildman–Crippen LogP) is 0.191.